The number of para-hydroxylation sites is 2. The molecule has 7 heteroatoms. The molecule has 0 aliphatic rings. The topological polar surface area (TPSA) is 79.0 Å². The molecular weight excluding hydrogens is 468 g/mol. The van der Waals surface area contributed by atoms with Crippen LogP contribution in [0.1, 0.15) is 38.2 Å². The van der Waals surface area contributed by atoms with Gasteiger partial charge in [0.05, 0.1) is 34.8 Å². The summed E-state index contributed by atoms with van der Waals surface area (Å²) in [5, 5.41) is 10.1. The van der Waals surface area contributed by atoms with Gasteiger partial charge in [0.15, 0.2) is 5.16 Å². The highest BCUT2D eigenvalue weighted by atomic mass is 32.2. The Balaban J connectivity index is 1.69. The summed E-state index contributed by atoms with van der Waals surface area (Å²) in [5.74, 6) is 0.354. The molecule has 1 amide bonds. The van der Waals surface area contributed by atoms with Crippen molar-refractivity contribution in [2.24, 2.45) is 0 Å². The van der Waals surface area contributed by atoms with E-state index in [0.717, 1.165) is 12.1 Å². The minimum absolute atomic E-state index is 0.0794. The summed E-state index contributed by atoms with van der Waals surface area (Å²) >= 11 is 1.23. The highest BCUT2D eigenvalue weighted by Crippen LogP contribution is 2.25. The molecule has 3 aromatic carbocycles. The lowest BCUT2D eigenvalue weighted by Crippen LogP contribution is -2.33. The Morgan fingerprint density at radius 2 is 1.75 bits per heavy atom. The van der Waals surface area contributed by atoms with E-state index in [0.29, 0.717) is 34.2 Å². The molecular formula is C29H28N4O2S. The molecule has 0 aliphatic heterocycles. The zero-order chi connectivity index (χ0) is 25.5. The molecule has 36 heavy (non-hydrogen) atoms. The van der Waals surface area contributed by atoms with E-state index in [1.807, 2.05) is 72.8 Å². The maximum atomic E-state index is 13.5. The van der Waals surface area contributed by atoms with E-state index in [1.54, 1.807) is 15.5 Å². The van der Waals surface area contributed by atoms with Gasteiger partial charge in [-0.3, -0.25) is 14.2 Å². The van der Waals surface area contributed by atoms with Crippen LogP contribution in [-0.4, -0.2) is 27.8 Å². The first-order valence-corrected chi connectivity index (χ1v) is 13.0. The first kappa shape index (κ1) is 25.2. The number of thioether (sulfide) groups is 1. The molecule has 0 radical (unpaired) electrons. The molecule has 1 heterocycles. The Hall–Kier alpha value is -3.89. The van der Waals surface area contributed by atoms with Gasteiger partial charge in [0, 0.05) is 12.2 Å². The molecule has 0 saturated carbocycles. The Morgan fingerprint density at radius 3 is 2.44 bits per heavy atom. The molecule has 0 spiro atoms. The van der Waals surface area contributed by atoms with Crippen molar-refractivity contribution in [3.8, 4) is 11.8 Å². The van der Waals surface area contributed by atoms with E-state index in [9.17, 15) is 9.59 Å². The van der Waals surface area contributed by atoms with Gasteiger partial charge in [-0.05, 0) is 54.3 Å². The molecule has 182 valence electrons. The lowest BCUT2D eigenvalue weighted by molar-refractivity contribution is -0.116. The summed E-state index contributed by atoms with van der Waals surface area (Å²) < 4.78 is 1.59. The number of rotatable bonds is 9. The zero-order valence-corrected chi connectivity index (χ0v) is 21.2. The molecule has 1 unspecified atom stereocenters. The van der Waals surface area contributed by atoms with Crippen molar-refractivity contribution in [1.82, 2.24) is 9.55 Å². The average molecular weight is 497 g/mol. The molecule has 0 bridgehead atoms. The minimum atomic E-state index is -0.170. The normalized spacial score (nSPS) is 11.7. The number of hydrogen-bond acceptors (Lipinski definition) is 5. The number of aromatic nitrogens is 2. The van der Waals surface area contributed by atoms with Gasteiger partial charge in [0.25, 0.3) is 5.56 Å². The highest BCUT2D eigenvalue weighted by Gasteiger charge is 2.19. The molecule has 0 saturated heterocycles. The summed E-state index contributed by atoms with van der Waals surface area (Å²) in [6.07, 6.45) is 1.26. The van der Waals surface area contributed by atoms with Crippen molar-refractivity contribution >= 4 is 34.3 Å². The van der Waals surface area contributed by atoms with Crippen LogP contribution in [0.25, 0.3) is 16.6 Å². The second-order valence-corrected chi connectivity index (χ2v) is 9.47. The first-order valence-electron chi connectivity index (χ1n) is 12.0. The molecule has 0 aliphatic carbocycles. The van der Waals surface area contributed by atoms with Gasteiger partial charge in [-0.25, -0.2) is 4.98 Å². The number of carbonyl (C=O) groups excluding carboxylic acids is 1. The monoisotopic (exact) mass is 496 g/mol. The summed E-state index contributed by atoms with van der Waals surface area (Å²) in [6, 6.07) is 26.6. The van der Waals surface area contributed by atoms with Crippen LogP contribution < -0.4 is 10.5 Å². The molecule has 6 nitrogen and oxygen atoms in total. The third kappa shape index (κ3) is 5.50. The van der Waals surface area contributed by atoms with E-state index in [1.165, 1.54) is 17.3 Å². The van der Waals surface area contributed by atoms with E-state index >= 15 is 0 Å². The number of anilines is 1. The summed E-state index contributed by atoms with van der Waals surface area (Å²) in [6.45, 7) is 4.63. The predicted molar refractivity (Wildman–Crippen MR) is 146 cm³/mol. The largest absolute Gasteiger partial charge is 0.311 e. The summed E-state index contributed by atoms with van der Waals surface area (Å²) in [7, 11) is 0. The van der Waals surface area contributed by atoms with Crippen LogP contribution in [0.3, 0.4) is 0 Å². The smallest absolute Gasteiger partial charge is 0.266 e. The molecule has 4 rings (SSSR count). The quantitative estimate of drug-likeness (QED) is 0.212. The van der Waals surface area contributed by atoms with E-state index in [-0.39, 0.29) is 23.6 Å². The summed E-state index contributed by atoms with van der Waals surface area (Å²) in [5.41, 5.74) is 3.08. The third-order valence-corrected chi connectivity index (χ3v) is 7.14. The Morgan fingerprint density at radius 1 is 1.06 bits per heavy atom. The van der Waals surface area contributed by atoms with Crippen molar-refractivity contribution in [2.45, 2.75) is 37.8 Å². The van der Waals surface area contributed by atoms with Crippen molar-refractivity contribution in [1.29, 1.82) is 5.26 Å². The predicted octanol–water partition coefficient (Wildman–Crippen LogP) is 5.94. The molecule has 1 aromatic heterocycles. The molecule has 0 fully saturated rings. The maximum Gasteiger partial charge on any atom is 0.266 e. The fourth-order valence-electron chi connectivity index (χ4n) is 4.00. The fraction of sp³-hybridized carbons (Fsp3) is 0.241. The Bertz CT molecular complexity index is 1440. The fourth-order valence-corrected chi connectivity index (χ4v) is 4.88. The van der Waals surface area contributed by atoms with Crippen molar-refractivity contribution in [2.75, 3.05) is 17.2 Å². The van der Waals surface area contributed by atoms with Crippen LogP contribution in [0.2, 0.25) is 0 Å². The first-order chi connectivity index (χ1) is 17.5. The van der Waals surface area contributed by atoms with Crippen LogP contribution in [0.15, 0.2) is 88.8 Å². The summed E-state index contributed by atoms with van der Waals surface area (Å²) in [4.78, 5) is 33.2. The van der Waals surface area contributed by atoms with E-state index in [2.05, 4.69) is 19.9 Å². The van der Waals surface area contributed by atoms with Gasteiger partial charge in [0.1, 0.15) is 0 Å². The van der Waals surface area contributed by atoms with Crippen molar-refractivity contribution < 1.29 is 4.79 Å². The average Bonchev–Trinajstić information content (AvgIpc) is 2.92. The van der Waals surface area contributed by atoms with Crippen LogP contribution in [0.5, 0.6) is 0 Å². The van der Waals surface area contributed by atoms with E-state index in [4.69, 9.17) is 10.2 Å². The second kappa shape index (κ2) is 11.7. The minimum Gasteiger partial charge on any atom is -0.311 e. The second-order valence-electron chi connectivity index (χ2n) is 8.53. The van der Waals surface area contributed by atoms with Crippen LogP contribution in [0, 0.1) is 11.3 Å². The molecule has 1 atom stereocenters. The van der Waals surface area contributed by atoms with Gasteiger partial charge < -0.3 is 4.90 Å². The number of nitrogens with zero attached hydrogens (tertiary/aromatic N) is 4. The van der Waals surface area contributed by atoms with Crippen LogP contribution >= 0.6 is 11.8 Å². The van der Waals surface area contributed by atoms with Crippen LogP contribution in [-0.2, 0) is 4.79 Å². The Kier molecular flexibility index (Phi) is 8.19. The SMILES string of the molecule is CCC(C)c1ccc(-n2c(SCC(=O)N(CCC#N)c3ccccc3)nc3ccccc3c2=O)cc1. The van der Waals surface area contributed by atoms with Crippen molar-refractivity contribution in [3.63, 3.8) is 0 Å². The van der Waals surface area contributed by atoms with Crippen molar-refractivity contribution in [3.05, 3.63) is 94.8 Å². The number of benzene rings is 3. The number of hydrogen-bond donors (Lipinski definition) is 0. The number of nitriles is 1. The van der Waals surface area contributed by atoms with E-state index < -0.39 is 0 Å². The van der Waals surface area contributed by atoms with Crippen LogP contribution in [0.4, 0.5) is 5.69 Å². The van der Waals surface area contributed by atoms with Gasteiger partial charge in [-0.1, -0.05) is 68.1 Å². The molecule has 0 N–H and O–H groups in total. The lowest BCUT2D eigenvalue weighted by atomic mass is 9.98. The third-order valence-electron chi connectivity index (χ3n) is 6.22. The zero-order valence-electron chi connectivity index (χ0n) is 20.4. The van der Waals surface area contributed by atoms with Gasteiger partial charge >= 0.3 is 0 Å². The number of carbonyl (C=O) groups is 1. The van der Waals surface area contributed by atoms with Gasteiger partial charge in [0.2, 0.25) is 5.91 Å². The lowest BCUT2D eigenvalue weighted by Gasteiger charge is -2.22. The number of amides is 1. The Labute approximate surface area is 215 Å². The highest BCUT2D eigenvalue weighted by molar-refractivity contribution is 7.99. The van der Waals surface area contributed by atoms with Gasteiger partial charge in [-0.2, -0.15) is 5.26 Å². The number of fused-ring (bicyclic) bond motifs is 1. The maximum absolute atomic E-state index is 13.5. The molecule has 4 aromatic rings. The van der Waals surface area contributed by atoms with Gasteiger partial charge in [-0.15, -0.1) is 0 Å². The standard InChI is InChI=1S/C29H28N4O2S/c1-3-21(2)22-14-16-24(17-15-22)33-28(35)25-12-7-8-13-26(25)31-29(33)36-20-27(34)32(19-9-18-30)23-10-5-4-6-11-23/h4-8,10-17,21H,3,9,19-20H2,1-2H3.